The zero-order chi connectivity index (χ0) is 16.0. The number of rotatable bonds is 3. The summed E-state index contributed by atoms with van der Waals surface area (Å²) in [7, 11) is 2.02. The number of Topliss-reactive ketones (excluding diaryl/α,β-unsaturated/α-hetero) is 1. The summed E-state index contributed by atoms with van der Waals surface area (Å²) in [6.45, 7) is 1.89. The predicted molar refractivity (Wildman–Crippen MR) is 88.6 cm³/mol. The Morgan fingerprint density at radius 3 is 2.68 bits per heavy atom. The Balaban J connectivity index is 2.01. The molecule has 0 radical (unpaired) electrons. The number of piperidine rings is 1. The molecule has 2 aliphatic rings. The van der Waals surface area contributed by atoms with Gasteiger partial charge in [0.05, 0.1) is 16.1 Å². The molecular formula is C17H21Cl2NO2. The SMILES string of the molecule is CCC(=O)[C@@H]1[C@H]2C(O)CC(C[C@H]1c1ccc(Cl)c(Cl)c1)N2C. The van der Waals surface area contributed by atoms with Crippen LogP contribution in [0.5, 0.6) is 0 Å². The van der Waals surface area contributed by atoms with Crippen molar-refractivity contribution in [2.75, 3.05) is 7.05 Å². The van der Waals surface area contributed by atoms with Gasteiger partial charge in [-0.05, 0) is 43.5 Å². The first-order valence-electron chi connectivity index (χ1n) is 7.81. The van der Waals surface area contributed by atoms with Crippen molar-refractivity contribution in [2.45, 2.75) is 50.3 Å². The zero-order valence-electron chi connectivity index (χ0n) is 12.8. The maximum absolute atomic E-state index is 12.6. The van der Waals surface area contributed by atoms with Gasteiger partial charge >= 0.3 is 0 Å². The lowest BCUT2D eigenvalue weighted by Crippen LogP contribution is -2.51. The molecule has 2 bridgehead atoms. The molecular weight excluding hydrogens is 321 g/mol. The minimum Gasteiger partial charge on any atom is -0.391 e. The molecule has 3 rings (SSSR count). The van der Waals surface area contributed by atoms with Gasteiger partial charge < -0.3 is 5.11 Å². The molecule has 2 heterocycles. The van der Waals surface area contributed by atoms with Crippen molar-refractivity contribution in [3.8, 4) is 0 Å². The summed E-state index contributed by atoms with van der Waals surface area (Å²) < 4.78 is 0. The van der Waals surface area contributed by atoms with Gasteiger partial charge in [-0.2, -0.15) is 0 Å². The molecule has 0 aromatic heterocycles. The first kappa shape index (κ1) is 16.3. The highest BCUT2D eigenvalue weighted by atomic mass is 35.5. The van der Waals surface area contributed by atoms with E-state index in [1.54, 1.807) is 6.07 Å². The molecule has 3 nitrogen and oxygen atoms in total. The Morgan fingerprint density at radius 1 is 1.32 bits per heavy atom. The molecule has 5 atom stereocenters. The fourth-order valence-corrected chi connectivity index (χ4v) is 4.58. The first-order chi connectivity index (χ1) is 10.4. The van der Waals surface area contributed by atoms with Gasteiger partial charge in [0.25, 0.3) is 0 Å². The summed E-state index contributed by atoms with van der Waals surface area (Å²) in [5.41, 5.74) is 1.05. The van der Waals surface area contributed by atoms with Crippen molar-refractivity contribution in [3.05, 3.63) is 33.8 Å². The summed E-state index contributed by atoms with van der Waals surface area (Å²) in [6, 6.07) is 5.86. The zero-order valence-corrected chi connectivity index (χ0v) is 14.3. The van der Waals surface area contributed by atoms with Gasteiger partial charge in [0.2, 0.25) is 0 Å². The van der Waals surface area contributed by atoms with Crippen molar-refractivity contribution in [3.63, 3.8) is 0 Å². The lowest BCUT2D eigenvalue weighted by Gasteiger charge is -2.43. The van der Waals surface area contributed by atoms with E-state index < -0.39 is 6.10 Å². The average molecular weight is 342 g/mol. The number of carbonyl (C=O) groups excluding carboxylic acids is 1. The van der Waals surface area contributed by atoms with Crippen LogP contribution in [-0.4, -0.2) is 41.0 Å². The minimum absolute atomic E-state index is 0.0920. The molecule has 1 aromatic rings. The summed E-state index contributed by atoms with van der Waals surface area (Å²) in [5, 5.41) is 11.5. The van der Waals surface area contributed by atoms with E-state index in [0.29, 0.717) is 22.5 Å². The van der Waals surface area contributed by atoms with Gasteiger partial charge in [-0.1, -0.05) is 36.2 Å². The molecule has 2 saturated heterocycles. The predicted octanol–water partition coefficient (Wildman–Crippen LogP) is 3.51. The monoisotopic (exact) mass is 341 g/mol. The van der Waals surface area contributed by atoms with Gasteiger partial charge in [0, 0.05) is 24.4 Å². The second kappa shape index (κ2) is 6.12. The number of hydrogen-bond acceptors (Lipinski definition) is 3. The van der Waals surface area contributed by atoms with Gasteiger partial charge in [-0.3, -0.25) is 9.69 Å². The Kier molecular flexibility index (Phi) is 4.52. The van der Waals surface area contributed by atoms with E-state index in [2.05, 4.69) is 4.90 Å². The molecule has 5 heteroatoms. The number of fused-ring (bicyclic) bond motifs is 2. The molecule has 120 valence electrons. The number of ketones is 1. The largest absolute Gasteiger partial charge is 0.391 e. The summed E-state index contributed by atoms with van der Waals surface area (Å²) in [5.74, 6) is 0.138. The van der Waals surface area contributed by atoms with Gasteiger partial charge in [-0.15, -0.1) is 0 Å². The number of hydrogen-bond donors (Lipinski definition) is 1. The van der Waals surface area contributed by atoms with E-state index in [1.165, 1.54) is 0 Å². The van der Waals surface area contributed by atoms with Crippen LogP contribution in [0.4, 0.5) is 0 Å². The number of halogens is 2. The maximum atomic E-state index is 12.6. The molecule has 1 aromatic carbocycles. The smallest absolute Gasteiger partial charge is 0.137 e. The lowest BCUT2D eigenvalue weighted by molar-refractivity contribution is -0.128. The van der Waals surface area contributed by atoms with Crippen LogP contribution in [-0.2, 0) is 4.79 Å². The van der Waals surface area contributed by atoms with Crippen LogP contribution in [0.25, 0.3) is 0 Å². The number of likely N-dealkylation sites (N-methyl/N-ethyl adjacent to an activating group) is 1. The van der Waals surface area contributed by atoms with Crippen LogP contribution in [0.3, 0.4) is 0 Å². The standard InChI is InChI=1S/C17H21Cl2NO2/c1-3-14(21)16-11(9-4-5-12(18)13(19)6-9)7-10-8-15(22)17(16)20(10)2/h4-6,10-11,15-17,22H,3,7-8H2,1-2H3/t10?,11-,15?,16+,17+/m0/s1. The molecule has 1 N–H and O–H groups in total. The van der Waals surface area contributed by atoms with Crippen molar-refractivity contribution in [1.29, 1.82) is 0 Å². The minimum atomic E-state index is -0.428. The van der Waals surface area contributed by atoms with Gasteiger partial charge in [0.1, 0.15) is 5.78 Å². The average Bonchev–Trinajstić information content (AvgIpc) is 2.68. The normalized spacial score (nSPS) is 34.9. The summed E-state index contributed by atoms with van der Waals surface area (Å²) in [6.07, 6.45) is 1.68. The number of carbonyl (C=O) groups is 1. The second-order valence-electron chi connectivity index (χ2n) is 6.47. The van der Waals surface area contributed by atoms with E-state index in [1.807, 2.05) is 26.1 Å². The Hall–Kier alpha value is -0.610. The maximum Gasteiger partial charge on any atom is 0.137 e. The van der Waals surface area contributed by atoms with E-state index in [4.69, 9.17) is 23.2 Å². The van der Waals surface area contributed by atoms with Gasteiger partial charge in [0.15, 0.2) is 0 Å². The number of nitrogens with zero attached hydrogens (tertiary/aromatic N) is 1. The third-order valence-electron chi connectivity index (χ3n) is 5.37. The number of benzene rings is 1. The van der Waals surface area contributed by atoms with Crippen LogP contribution < -0.4 is 0 Å². The fourth-order valence-electron chi connectivity index (χ4n) is 4.27. The Labute approximate surface area is 141 Å². The Morgan fingerprint density at radius 2 is 2.05 bits per heavy atom. The molecule has 2 fully saturated rings. The van der Waals surface area contributed by atoms with Crippen LogP contribution in [0.15, 0.2) is 18.2 Å². The van der Waals surface area contributed by atoms with Crippen LogP contribution in [0.2, 0.25) is 10.0 Å². The van der Waals surface area contributed by atoms with Crippen molar-refractivity contribution in [1.82, 2.24) is 4.90 Å². The molecule has 2 aliphatic heterocycles. The first-order valence-corrected chi connectivity index (χ1v) is 8.57. The van der Waals surface area contributed by atoms with Crippen LogP contribution >= 0.6 is 23.2 Å². The fraction of sp³-hybridized carbons (Fsp3) is 0.588. The molecule has 0 spiro atoms. The lowest BCUT2D eigenvalue weighted by atomic mass is 9.73. The highest BCUT2D eigenvalue weighted by Crippen LogP contribution is 2.47. The summed E-state index contributed by atoms with van der Waals surface area (Å²) >= 11 is 12.2. The van der Waals surface area contributed by atoms with Crippen molar-refractivity contribution < 1.29 is 9.90 Å². The molecule has 0 saturated carbocycles. The third kappa shape index (κ3) is 2.58. The van der Waals surface area contributed by atoms with Crippen molar-refractivity contribution in [2.24, 2.45) is 5.92 Å². The molecule has 2 unspecified atom stereocenters. The molecule has 0 amide bonds. The topological polar surface area (TPSA) is 40.5 Å². The highest BCUT2D eigenvalue weighted by Gasteiger charge is 2.52. The number of aliphatic hydroxyl groups excluding tert-OH is 1. The van der Waals surface area contributed by atoms with E-state index >= 15 is 0 Å². The van der Waals surface area contributed by atoms with E-state index in [0.717, 1.165) is 18.4 Å². The quantitative estimate of drug-likeness (QED) is 0.914. The van der Waals surface area contributed by atoms with E-state index in [9.17, 15) is 9.90 Å². The summed E-state index contributed by atoms with van der Waals surface area (Å²) in [4.78, 5) is 14.8. The van der Waals surface area contributed by atoms with Gasteiger partial charge in [-0.25, -0.2) is 0 Å². The Bertz CT molecular complexity index is 592. The molecule has 22 heavy (non-hydrogen) atoms. The van der Waals surface area contributed by atoms with Crippen molar-refractivity contribution >= 4 is 29.0 Å². The number of aliphatic hydroxyl groups is 1. The van der Waals surface area contributed by atoms with Crippen LogP contribution in [0, 0.1) is 5.92 Å². The van der Waals surface area contributed by atoms with E-state index in [-0.39, 0.29) is 23.7 Å². The van der Waals surface area contributed by atoms with Crippen LogP contribution in [0.1, 0.15) is 37.7 Å². The third-order valence-corrected chi connectivity index (χ3v) is 6.11. The second-order valence-corrected chi connectivity index (χ2v) is 7.29. The molecule has 0 aliphatic carbocycles. The highest BCUT2D eigenvalue weighted by molar-refractivity contribution is 6.42.